The molecule has 0 radical (unpaired) electrons. The topological polar surface area (TPSA) is 125 Å². The van der Waals surface area contributed by atoms with Crippen LogP contribution < -0.4 is 11.1 Å². The van der Waals surface area contributed by atoms with E-state index in [1.807, 2.05) is 68.3 Å². The van der Waals surface area contributed by atoms with E-state index in [4.69, 9.17) is 15.2 Å². The van der Waals surface area contributed by atoms with E-state index in [2.05, 4.69) is 32.0 Å². The standard InChI is InChI=1S/C36H46N6O4/c1-36(2,3)46-35(44)40-30(20-25-10-12-26(13-11-25)28-14-15-32(37)39-23-28)22-33(43)41-17-6-9-29(24-41)31-21-27-8-5-16-38-34(27)42(31)18-7-19-45-4/h5,8,10-16,21,23,29-30H,6-7,9,17-20,22,24H2,1-4H3,(H2,37,39)(H,40,44)/t29?,30-/m1/s1. The minimum Gasteiger partial charge on any atom is -0.444 e. The molecule has 10 heteroatoms. The zero-order valence-corrected chi connectivity index (χ0v) is 27.4. The maximum absolute atomic E-state index is 13.9. The molecular weight excluding hydrogens is 580 g/mol. The molecule has 10 nitrogen and oxygen atoms in total. The molecule has 5 rings (SSSR count). The smallest absolute Gasteiger partial charge is 0.407 e. The Morgan fingerprint density at radius 3 is 2.59 bits per heavy atom. The second-order valence-electron chi connectivity index (χ2n) is 13.1. The van der Waals surface area contributed by atoms with E-state index >= 15 is 0 Å². The van der Waals surface area contributed by atoms with Crippen molar-refractivity contribution in [1.82, 2.24) is 24.8 Å². The summed E-state index contributed by atoms with van der Waals surface area (Å²) >= 11 is 0. The third kappa shape index (κ3) is 8.63. The third-order valence-electron chi connectivity index (χ3n) is 8.31. The molecule has 4 aromatic rings. The zero-order valence-electron chi connectivity index (χ0n) is 27.4. The highest BCUT2D eigenvalue weighted by Gasteiger charge is 2.30. The van der Waals surface area contributed by atoms with Crippen molar-refractivity contribution in [2.24, 2.45) is 0 Å². The number of nitrogens with two attached hydrogens (primary N) is 1. The summed E-state index contributed by atoms with van der Waals surface area (Å²) in [5, 5.41) is 4.10. The Morgan fingerprint density at radius 2 is 1.87 bits per heavy atom. The van der Waals surface area contributed by atoms with Crippen LogP contribution in [0.15, 0.2) is 67.0 Å². The number of nitrogen functional groups attached to an aromatic ring is 1. The highest BCUT2D eigenvalue weighted by Crippen LogP contribution is 2.32. The molecule has 3 aromatic heterocycles. The van der Waals surface area contributed by atoms with Gasteiger partial charge in [0.25, 0.3) is 0 Å². The Hall–Kier alpha value is -4.44. The number of hydrogen-bond acceptors (Lipinski definition) is 7. The Kier molecular flexibility index (Phi) is 10.6. The molecule has 2 amide bonds. The predicted octanol–water partition coefficient (Wildman–Crippen LogP) is 5.95. The fourth-order valence-corrected chi connectivity index (χ4v) is 6.17. The number of pyridine rings is 2. The zero-order chi connectivity index (χ0) is 32.7. The molecule has 0 saturated carbocycles. The first-order chi connectivity index (χ1) is 22.1. The third-order valence-corrected chi connectivity index (χ3v) is 8.31. The van der Waals surface area contributed by atoms with E-state index < -0.39 is 17.7 Å². The quantitative estimate of drug-likeness (QED) is 0.197. The van der Waals surface area contributed by atoms with Gasteiger partial charge in [0.2, 0.25) is 5.91 Å². The Labute approximate surface area is 271 Å². The van der Waals surface area contributed by atoms with Crippen LogP contribution >= 0.6 is 0 Å². The molecule has 0 bridgehead atoms. The van der Waals surface area contributed by atoms with Crippen LogP contribution in [0.3, 0.4) is 0 Å². The molecule has 2 atom stereocenters. The van der Waals surface area contributed by atoms with Crippen molar-refractivity contribution in [3.05, 3.63) is 78.2 Å². The van der Waals surface area contributed by atoms with Gasteiger partial charge in [-0.15, -0.1) is 0 Å². The molecular formula is C36H46N6O4. The van der Waals surface area contributed by atoms with Crippen LogP contribution in [0, 0.1) is 0 Å². The minimum atomic E-state index is -0.649. The van der Waals surface area contributed by atoms with Crippen LogP contribution in [0.5, 0.6) is 0 Å². The summed E-state index contributed by atoms with van der Waals surface area (Å²) in [4.78, 5) is 37.5. The number of amides is 2. The molecule has 1 aliphatic rings. The average molecular weight is 627 g/mol. The molecule has 46 heavy (non-hydrogen) atoms. The SMILES string of the molecule is COCCCn1c(C2CCCN(C(=O)C[C@@H](Cc3ccc(-c4ccc(N)nc4)cc3)NC(=O)OC(C)(C)C)C2)cc2cccnc21. The number of fused-ring (bicyclic) bond motifs is 1. The number of benzene rings is 1. The van der Waals surface area contributed by atoms with Crippen LogP contribution in [-0.2, 0) is 27.2 Å². The molecule has 1 aliphatic heterocycles. The van der Waals surface area contributed by atoms with Gasteiger partial charge in [-0.3, -0.25) is 4.79 Å². The van der Waals surface area contributed by atoms with E-state index in [-0.39, 0.29) is 18.2 Å². The first kappa shape index (κ1) is 32.9. The van der Waals surface area contributed by atoms with Crippen LogP contribution in [0.1, 0.15) is 63.6 Å². The summed E-state index contributed by atoms with van der Waals surface area (Å²) in [6.07, 6.45) is 6.51. The number of piperidine rings is 1. The summed E-state index contributed by atoms with van der Waals surface area (Å²) in [5.74, 6) is 0.695. The number of likely N-dealkylation sites (tertiary alicyclic amines) is 1. The van der Waals surface area contributed by atoms with Crippen molar-refractivity contribution in [3.63, 3.8) is 0 Å². The molecule has 1 fully saturated rings. The largest absolute Gasteiger partial charge is 0.444 e. The van der Waals surface area contributed by atoms with Gasteiger partial charge in [0.1, 0.15) is 17.1 Å². The number of aromatic nitrogens is 3. The summed E-state index contributed by atoms with van der Waals surface area (Å²) in [6, 6.07) is 17.6. The highest BCUT2D eigenvalue weighted by molar-refractivity contribution is 5.79. The number of rotatable bonds is 11. The normalized spacial score (nSPS) is 15.9. The molecule has 1 unspecified atom stereocenters. The van der Waals surface area contributed by atoms with Crippen LogP contribution in [0.25, 0.3) is 22.2 Å². The van der Waals surface area contributed by atoms with Crippen molar-refractivity contribution in [2.75, 3.05) is 32.5 Å². The molecule has 3 N–H and O–H groups in total. The number of hydrogen-bond donors (Lipinski definition) is 2. The van der Waals surface area contributed by atoms with Gasteiger partial charge in [0.15, 0.2) is 0 Å². The van der Waals surface area contributed by atoms with Crippen LogP contribution in [0.2, 0.25) is 0 Å². The number of alkyl carbamates (subject to hydrolysis) is 1. The fraction of sp³-hybridized carbons (Fsp3) is 0.444. The monoisotopic (exact) mass is 626 g/mol. The van der Waals surface area contributed by atoms with Gasteiger partial charge in [-0.2, -0.15) is 0 Å². The highest BCUT2D eigenvalue weighted by atomic mass is 16.6. The Morgan fingerprint density at radius 1 is 1.09 bits per heavy atom. The van der Waals surface area contributed by atoms with E-state index in [1.165, 1.54) is 5.69 Å². The maximum atomic E-state index is 13.9. The van der Waals surface area contributed by atoms with Gasteiger partial charge in [-0.05, 0) is 87.9 Å². The lowest BCUT2D eigenvalue weighted by atomic mass is 9.93. The molecule has 1 aromatic carbocycles. The first-order valence-electron chi connectivity index (χ1n) is 16.1. The fourth-order valence-electron chi connectivity index (χ4n) is 6.17. The molecule has 244 valence electrons. The lowest BCUT2D eigenvalue weighted by Crippen LogP contribution is -2.46. The van der Waals surface area contributed by atoms with Crippen molar-refractivity contribution in [1.29, 1.82) is 0 Å². The van der Waals surface area contributed by atoms with Crippen molar-refractivity contribution < 1.29 is 19.1 Å². The number of nitrogens with zero attached hydrogens (tertiary/aromatic N) is 4. The van der Waals surface area contributed by atoms with Gasteiger partial charge < -0.3 is 30.0 Å². The Bertz CT molecular complexity index is 1610. The lowest BCUT2D eigenvalue weighted by Gasteiger charge is -2.34. The lowest BCUT2D eigenvalue weighted by molar-refractivity contribution is -0.132. The number of aryl methyl sites for hydroxylation is 1. The Balaban J connectivity index is 1.30. The summed E-state index contributed by atoms with van der Waals surface area (Å²) in [6.45, 7) is 8.29. The molecule has 0 spiro atoms. The second kappa shape index (κ2) is 14.8. The number of ether oxygens (including phenoxy) is 2. The van der Waals surface area contributed by atoms with Gasteiger partial charge >= 0.3 is 6.09 Å². The van der Waals surface area contributed by atoms with Crippen molar-refractivity contribution in [3.8, 4) is 11.1 Å². The summed E-state index contributed by atoms with van der Waals surface area (Å²) in [7, 11) is 1.72. The summed E-state index contributed by atoms with van der Waals surface area (Å²) in [5.41, 5.74) is 10.3. The van der Waals surface area contributed by atoms with Crippen molar-refractivity contribution in [2.45, 2.75) is 77.0 Å². The van der Waals surface area contributed by atoms with Gasteiger partial charge in [0.05, 0.1) is 0 Å². The maximum Gasteiger partial charge on any atom is 0.407 e. The molecule has 4 heterocycles. The number of carbonyl (C=O) groups is 2. The molecule has 1 saturated heterocycles. The van der Waals surface area contributed by atoms with Crippen LogP contribution in [0.4, 0.5) is 10.6 Å². The number of anilines is 1. The number of methoxy groups -OCH3 is 1. The second-order valence-corrected chi connectivity index (χ2v) is 13.1. The molecule has 0 aliphatic carbocycles. The predicted molar refractivity (Wildman–Crippen MR) is 180 cm³/mol. The van der Waals surface area contributed by atoms with E-state index in [9.17, 15) is 9.59 Å². The minimum absolute atomic E-state index is 0.0236. The summed E-state index contributed by atoms with van der Waals surface area (Å²) < 4.78 is 13.2. The van der Waals surface area contributed by atoms with Gasteiger partial charge in [0, 0.05) is 80.8 Å². The first-order valence-corrected chi connectivity index (χ1v) is 16.1. The van der Waals surface area contributed by atoms with E-state index in [0.29, 0.717) is 31.9 Å². The van der Waals surface area contributed by atoms with E-state index in [0.717, 1.165) is 53.5 Å². The average Bonchev–Trinajstić information content (AvgIpc) is 3.39. The van der Waals surface area contributed by atoms with E-state index in [1.54, 1.807) is 19.4 Å². The van der Waals surface area contributed by atoms with Gasteiger partial charge in [-0.1, -0.05) is 24.3 Å². The van der Waals surface area contributed by atoms with Gasteiger partial charge in [-0.25, -0.2) is 14.8 Å². The number of carbonyl (C=O) groups excluding carboxylic acids is 2. The number of nitrogens with one attached hydrogen (secondary N) is 1. The van der Waals surface area contributed by atoms with Crippen LogP contribution in [-0.4, -0.2) is 69.9 Å². The van der Waals surface area contributed by atoms with Crippen molar-refractivity contribution >= 4 is 28.9 Å².